The van der Waals surface area contributed by atoms with Gasteiger partial charge in [0.25, 0.3) is 0 Å². The molecule has 0 amide bonds. The van der Waals surface area contributed by atoms with Crippen LogP contribution in [0.1, 0.15) is 27.2 Å². The molecule has 3 rings (SSSR count). The molecule has 2 heterocycles. The molecule has 122 valence electrons. The van der Waals surface area contributed by atoms with Crippen molar-refractivity contribution in [3.05, 3.63) is 62.2 Å². The smallest absolute Gasteiger partial charge is 0.312 e. The summed E-state index contributed by atoms with van der Waals surface area (Å²) in [5.41, 5.74) is 2.45. The second kappa shape index (κ2) is 7.25. The largest absolute Gasteiger partial charge is 0.375 e. The SMILES string of the molecule is C/C(=N/OC(=O)c1cccs1)c1sc(-c2ccc(Cl)cc2)nc1C. The Hall–Kier alpha value is -2.02. The third kappa shape index (κ3) is 3.72. The molecule has 0 saturated carbocycles. The van der Waals surface area contributed by atoms with Crippen molar-refractivity contribution < 1.29 is 9.63 Å². The number of hydrogen-bond acceptors (Lipinski definition) is 6. The molecule has 0 radical (unpaired) electrons. The highest BCUT2D eigenvalue weighted by Gasteiger charge is 2.14. The van der Waals surface area contributed by atoms with Gasteiger partial charge < -0.3 is 4.84 Å². The van der Waals surface area contributed by atoms with Gasteiger partial charge in [-0.05, 0) is 37.4 Å². The van der Waals surface area contributed by atoms with E-state index in [4.69, 9.17) is 16.4 Å². The highest BCUT2D eigenvalue weighted by molar-refractivity contribution is 7.17. The molecule has 3 aromatic rings. The predicted molar refractivity (Wildman–Crippen MR) is 99.2 cm³/mol. The molecule has 0 N–H and O–H groups in total. The number of oxime groups is 1. The molecular weight excluding hydrogens is 364 g/mol. The van der Waals surface area contributed by atoms with E-state index >= 15 is 0 Å². The van der Waals surface area contributed by atoms with Crippen molar-refractivity contribution in [1.82, 2.24) is 4.98 Å². The number of thiophene rings is 1. The Bertz CT molecular complexity index is 884. The maximum absolute atomic E-state index is 11.8. The molecule has 1 aromatic carbocycles. The molecule has 0 aliphatic carbocycles. The topological polar surface area (TPSA) is 51.5 Å². The monoisotopic (exact) mass is 376 g/mol. The Labute approximate surface area is 152 Å². The van der Waals surface area contributed by atoms with Crippen LogP contribution in [0.2, 0.25) is 5.02 Å². The number of hydrogen-bond donors (Lipinski definition) is 0. The lowest BCUT2D eigenvalue weighted by Crippen LogP contribution is -2.02. The maximum atomic E-state index is 11.8. The van der Waals surface area contributed by atoms with E-state index in [-0.39, 0.29) is 0 Å². The van der Waals surface area contributed by atoms with E-state index in [1.165, 1.54) is 22.7 Å². The van der Waals surface area contributed by atoms with E-state index in [0.717, 1.165) is 21.1 Å². The van der Waals surface area contributed by atoms with E-state index in [0.29, 0.717) is 15.6 Å². The van der Waals surface area contributed by atoms with Crippen LogP contribution in [0.15, 0.2) is 46.9 Å². The van der Waals surface area contributed by atoms with Gasteiger partial charge in [-0.15, -0.1) is 22.7 Å². The van der Waals surface area contributed by atoms with Crippen molar-refractivity contribution >= 4 is 46.0 Å². The molecule has 0 bridgehead atoms. The maximum Gasteiger partial charge on any atom is 0.375 e. The first kappa shape index (κ1) is 16.8. The number of carbonyl (C=O) groups excluding carboxylic acids is 1. The van der Waals surface area contributed by atoms with Crippen LogP contribution in [0.5, 0.6) is 0 Å². The zero-order valence-electron chi connectivity index (χ0n) is 12.9. The van der Waals surface area contributed by atoms with Gasteiger partial charge in [-0.2, -0.15) is 0 Å². The Balaban J connectivity index is 1.80. The van der Waals surface area contributed by atoms with Gasteiger partial charge in [-0.1, -0.05) is 35.0 Å². The van der Waals surface area contributed by atoms with Crippen LogP contribution < -0.4 is 0 Å². The minimum Gasteiger partial charge on any atom is -0.312 e. The van der Waals surface area contributed by atoms with Crippen LogP contribution in [0, 0.1) is 6.92 Å². The molecule has 24 heavy (non-hydrogen) atoms. The lowest BCUT2D eigenvalue weighted by atomic mass is 10.2. The van der Waals surface area contributed by atoms with Crippen LogP contribution in [0.25, 0.3) is 10.6 Å². The summed E-state index contributed by atoms with van der Waals surface area (Å²) in [5.74, 6) is -0.454. The highest BCUT2D eigenvalue weighted by atomic mass is 35.5. The first-order valence-electron chi connectivity index (χ1n) is 7.08. The summed E-state index contributed by atoms with van der Waals surface area (Å²) < 4.78 is 0. The summed E-state index contributed by atoms with van der Waals surface area (Å²) in [6.45, 7) is 3.71. The van der Waals surface area contributed by atoms with Gasteiger partial charge in [0.15, 0.2) is 0 Å². The van der Waals surface area contributed by atoms with Gasteiger partial charge in [-0.25, -0.2) is 9.78 Å². The summed E-state index contributed by atoms with van der Waals surface area (Å²) in [6.07, 6.45) is 0. The van der Waals surface area contributed by atoms with Gasteiger partial charge in [0.05, 0.1) is 16.3 Å². The highest BCUT2D eigenvalue weighted by Crippen LogP contribution is 2.29. The van der Waals surface area contributed by atoms with Gasteiger partial charge in [0.2, 0.25) is 0 Å². The number of carbonyl (C=O) groups is 1. The van der Waals surface area contributed by atoms with E-state index in [1.54, 1.807) is 19.1 Å². The second-order valence-corrected chi connectivity index (χ2v) is 7.36. The summed E-state index contributed by atoms with van der Waals surface area (Å²) >= 11 is 8.74. The Morgan fingerprint density at radius 1 is 1.25 bits per heavy atom. The van der Waals surface area contributed by atoms with Crippen molar-refractivity contribution in [2.24, 2.45) is 5.16 Å². The zero-order valence-corrected chi connectivity index (χ0v) is 15.3. The number of rotatable bonds is 4. The summed E-state index contributed by atoms with van der Waals surface area (Å²) in [7, 11) is 0. The van der Waals surface area contributed by atoms with Crippen LogP contribution in [0.3, 0.4) is 0 Å². The minimum absolute atomic E-state index is 0.454. The lowest BCUT2D eigenvalue weighted by molar-refractivity contribution is 0.0522. The van der Waals surface area contributed by atoms with E-state index < -0.39 is 5.97 Å². The number of thiazole rings is 1. The van der Waals surface area contributed by atoms with Gasteiger partial charge in [0, 0.05) is 10.6 Å². The normalized spacial score (nSPS) is 11.5. The Morgan fingerprint density at radius 3 is 2.67 bits per heavy atom. The van der Waals surface area contributed by atoms with Crippen LogP contribution >= 0.6 is 34.3 Å². The Kier molecular flexibility index (Phi) is 5.08. The molecule has 0 fully saturated rings. The first-order valence-corrected chi connectivity index (χ1v) is 9.15. The molecule has 4 nitrogen and oxygen atoms in total. The standard InChI is InChI=1S/C17H13ClN2O2S2/c1-10-15(11(2)20-22-17(21)14-4-3-9-23-14)24-16(19-10)12-5-7-13(18)8-6-12/h3-9H,1-2H3/b20-11-. The van der Waals surface area contributed by atoms with Gasteiger partial charge in [-0.3, -0.25) is 0 Å². The number of halogens is 1. The van der Waals surface area contributed by atoms with Crippen molar-refractivity contribution in [1.29, 1.82) is 0 Å². The quantitative estimate of drug-likeness (QED) is 0.347. The molecule has 0 saturated heterocycles. The predicted octanol–water partition coefficient (Wildman–Crippen LogP) is 5.41. The molecular formula is C17H13ClN2O2S2. The van der Waals surface area contributed by atoms with E-state index in [9.17, 15) is 4.79 Å². The zero-order chi connectivity index (χ0) is 17.1. The van der Waals surface area contributed by atoms with Crippen molar-refractivity contribution in [3.63, 3.8) is 0 Å². The van der Waals surface area contributed by atoms with Crippen molar-refractivity contribution in [3.8, 4) is 10.6 Å². The number of aromatic nitrogens is 1. The van der Waals surface area contributed by atoms with Crippen molar-refractivity contribution in [2.75, 3.05) is 0 Å². The summed E-state index contributed by atoms with van der Waals surface area (Å²) in [4.78, 5) is 22.8. The fourth-order valence-corrected chi connectivity index (χ4v) is 3.77. The molecule has 7 heteroatoms. The Morgan fingerprint density at radius 2 is 2.00 bits per heavy atom. The average Bonchev–Trinajstić information content (AvgIpc) is 3.23. The molecule has 0 atom stereocenters. The number of benzene rings is 1. The lowest BCUT2D eigenvalue weighted by Gasteiger charge is -1.98. The van der Waals surface area contributed by atoms with Gasteiger partial charge >= 0.3 is 5.97 Å². The molecule has 0 aliphatic heterocycles. The second-order valence-electron chi connectivity index (χ2n) is 4.97. The third-order valence-corrected chi connectivity index (χ3v) is 5.62. The first-order chi connectivity index (χ1) is 11.5. The molecule has 0 spiro atoms. The number of aryl methyl sites for hydroxylation is 1. The van der Waals surface area contributed by atoms with Crippen molar-refractivity contribution in [2.45, 2.75) is 13.8 Å². The average molecular weight is 377 g/mol. The number of nitrogens with zero attached hydrogens (tertiary/aromatic N) is 2. The summed E-state index contributed by atoms with van der Waals surface area (Å²) in [6, 6.07) is 11.0. The van der Waals surface area contributed by atoms with Gasteiger partial charge in [0.1, 0.15) is 9.88 Å². The van der Waals surface area contributed by atoms with Crippen LogP contribution in [0.4, 0.5) is 0 Å². The molecule has 0 aliphatic rings. The van der Waals surface area contributed by atoms with E-state index in [2.05, 4.69) is 10.1 Å². The molecule has 0 unspecified atom stereocenters. The fraction of sp³-hybridized carbons (Fsp3) is 0.118. The van der Waals surface area contributed by atoms with Crippen LogP contribution in [-0.4, -0.2) is 16.7 Å². The minimum atomic E-state index is -0.454. The fourth-order valence-electron chi connectivity index (χ4n) is 2.04. The summed E-state index contributed by atoms with van der Waals surface area (Å²) in [5, 5.41) is 7.33. The van der Waals surface area contributed by atoms with Crippen LogP contribution in [-0.2, 0) is 4.84 Å². The van der Waals surface area contributed by atoms with E-state index in [1.807, 2.05) is 36.6 Å². The molecule has 2 aromatic heterocycles. The third-order valence-electron chi connectivity index (χ3n) is 3.20.